The maximum absolute atomic E-state index is 9.19. The summed E-state index contributed by atoms with van der Waals surface area (Å²) in [5.41, 5.74) is 2.16. The fourth-order valence-corrected chi connectivity index (χ4v) is 2.31. The molecule has 0 atom stereocenters. The highest BCUT2D eigenvalue weighted by Crippen LogP contribution is 2.38. The Balaban J connectivity index is 2.34. The zero-order chi connectivity index (χ0) is 14.0. The van der Waals surface area contributed by atoms with Crippen molar-refractivity contribution >= 4 is 5.69 Å². The number of aliphatic hydroxyl groups is 1. The Hall–Kier alpha value is -1.42. The monoisotopic (exact) mass is 265 g/mol. The van der Waals surface area contributed by atoms with E-state index in [1.54, 1.807) is 0 Å². The van der Waals surface area contributed by atoms with Crippen LogP contribution in [0.15, 0.2) is 12.1 Å². The lowest BCUT2D eigenvalue weighted by Crippen LogP contribution is -2.42. The zero-order valence-electron chi connectivity index (χ0n) is 12.2. The van der Waals surface area contributed by atoms with Crippen LogP contribution in [-0.2, 0) is 0 Å². The van der Waals surface area contributed by atoms with Gasteiger partial charge in [0, 0.05) is 30.9 Å². The van der Waals surface area contributed by atoms with Crippen LogP contribution in [0.1, 0.15) is 25.8 Å². The van der Waals surface area contributed by atoms with E-state index >= 15 is 0 Å². The van der Waals surface area contributed by atoms with Gasteiger partial charge >= 0.3 is 0 Å². The standard InChI is InChI=1S/C15H23NO3/c1-11-9-13-14(19-8-7-18-13)10-12(11)16(4)15(2,3)5-6-17/h9-10,17H,5-8H2,1-4H3. The molecule has 1 aliphatic heterocycles. The first-order chi connectivity index (χ1) is 8.95. The molecule has 0 aliphatic carbocycles. The van der Waals surface area contributed by atoms with Crippen LogP contribution in [-0.4, -0.2) is 37.5 Å². The summed E-state index contributed by atoms with van der Waals surface area (Å²) < 4.78 is 11.2. The Morgan fingerprint density at radius 3 is 2.37 bits per heavy atom. The minimum absolute atomic E-state index is 0.108. The van der Waals surface area contributed by atoms with Gasteiger partial charge in [-0.2, -0.15) is 0 Å². The summed E-state index contributed by atoms with van der Waals surface area (Å²) in [5, 5.41) is 9.19. The minimum Gasteiger partial charge on any atom is -0.486 e. The van der Waals surface area contributed by atoms with Crippen molar-refractivity contribution in [1.29, 1.82) is 0 Å². The van der Waals surface area contributed by atoms with Gasteiger partial charge in [0.1, 0.15) is 13.2 Å². The van der Waals surface area contributed by atoms with Crippen LogP contribution < -0.4 is 14.4 Å². The highest BCUT2D eigenvalue weighted by Gasteiger charge is 2.26. The average molecular weight is 265 g/mol. The van der Waals surface area contributed by atoms with Crippen molar-refractivity contribution in [3.63, 3.8) is 0 Å². The molecule has 4 nitrogen and oxygen atoms in total. The summed E-state index contributed by atoms with van der Waals surface area (Å²) in [7, 11) is 2.05. The molecule has 19 heavy (non-hydrogen) atoms. The Kier molecular flexibility index (Phi) is 3.90. The molecular weight excluding hydrogens is 242 g/mol. The quantitative estimate of drug-likeness (QED) is 0.907. The number of hydrogen-bond donors (Lipinski definition) is 1. The minimum atomic E-state index is -0.108. The van der Waals surface area contributed by atoms with Gasteiger partial charge in [-0.1, -0.05) is 0 Å². The van der Waals surface area contributed by atoms with Crippen LogP contribution in [0.3, 0.4) is 0 Å². The second kappa shape index (κ2) is 5.29. The molecular formula is C15H23NO3. The number of ether oxygens (including phenoxy) is 2. The van der Waals surface area contributed by atoms with Gasteiger partial charge in [0.2, 0.25) is 0 Å². The van der Waals surface area contributed by atoms with E-state index in [1.165, 1.54) is 0 Å². The van der Waals surface area contributed by atoms with Crippen LogP contribution in [0.4, 0.5) is 5.69 Å². The van der Waals surface area contributed by atoms with E-state index in [0.717, 1.165) is 29.2 Å². The number of fused-ring (bicyclic) bond motifs is 1. The maximum atomic E-state index is 9.19. The molecule has 0 saturated carbocycles. The first-order valence-corrected chi connectivity index (χ1v) is 6.70. The molecule has 0 fully saturated rings. The molecule has 0 saturated heterocycles. The fraction of sp³-hybridized carbons (Fsp3) is 0.600. The van der Waals surface area contributed by atoms with Gasteiger partial charge in [-0.3, -0.25) is 0 Å². The first kappa shape index (κ1) is 14.0. The largest absolute Gasteiger partial charge is 0.486 e. The number of rotatable bonds is 4. The summed E-state index contributed by atoms with van der Waals surface area (Å²) in [4.78, 5) is 2.19. The molecule has 1 N–H and O–H groups in total. The lowest BCUT2D eigenvalue weighted by atomic mass is 9.97. The Morgan fingerprint density at radius 1 is 1.21 bits per heavy atom. The van der Waals surface area contributed by atoms with Crippen molar-refractivity contribution in [2.75, 3.05) is 31.8 Å². The molecule has 1 aromatic carbocycles. The number of aliphatic hydroxyl groups excluding tert-OH is 1. The van der Waals surface area contributed by atoms with Crippen LogP contribution in [0.25, 0.3) is 0 Å². The average Bonchev–Trinajstić information content (AvgIpc) is 2.37. The summed E-state index contributed by atoms with van der Waals surface area (Å²) >= 11 is 0. The lowest BCUT2D eigenvalue weighted by Gasteiger charge is -2.38. The zero-order valence-corrected chi connectivity index (χ0v) is 12.2. The molecule has 0 unspecified atom stereocenters. The predicted molar refractivity (Wildman–Crippen MR) is 76.4 cm³/mol. The summed E-state index contributed by atoms with van der Waals surface area (Å²) in [6.45, 7) is 7.70. The lowest BCUT2D eigenvalue weighted by molar-refractivity contribution is 0.171. The van der Waals surface area contributed by atoms with E-state index in [9.17, 15) is 5.11 Å². The van der Waals surface area contributed by atoms with Gasteiger partial charge in [-0.15, -0.1) is 0 Å². The van der Waals surface area contributed by atoms with Crippen LogP contribution in [0.2, 0.25) is 0 Å². The molecule has 0 aromatic heterocycles. The molecule has 1 aliphatic rings. The number of anilines is 1. The van der Waals surface area contributed by atoms with Crippen LogP contribution >= 0.6 is 0 Å². The van der Waals surface area contributed by atoms with Crippen molar-refractivity contribution in [2.45, 2.75) is 32.7 Å². The summed E-state index contributed by atoms with van der Waals surface area (Å²) in [6.07, 6.45) is 0.720. The van der Waals surface area contributed by atoms with Gasteiger partial charge < -0.3 is 19.5 Å². The normalized spacial score (nSPS) is 14.4. The molecule has 0 radical (unpaired) electrons. The number of hydrogen-bond acceptors (Lipinski definition) is 4. The van der Waals surface area contributed by atoms with Gasteiger partial charge in [-0.05, 0) is 38.8 Å². The third kappa shape index (κ3) is 2.78. The van der Waals surface area contributed by atoms with Crippen LogP contribution in [0, 0.1) is 6.92 Å². The molecule has 2 rings (SSSR count). The van der Waals surface area contributed by atoms with Gasteiger partial charge in [-0.25, -0.2) is 0 Å². The number of nitrogens with zero attached hydrogens (tertiary/aromatic N) is 1. The van der Waals surface area contributed by atoms with E-state index in [0.29, 0.717) is 13.2 Å². The van der Waals surface area contributed by atoms with E-state index < -0.39 is 0 Å². The van der Waals surface area contributed by atoms with Gasteiger partial charge in [0.05, 0.1) is 0 Å². The van der Waals surface area contributed by atoms with E-state index in [-0.39, 0.29) is 12.1 Å². The molecule has 0 bridgehead atoms. The second-order valence-electron chi connectivity index (χ2n) is 5.63. The molecule has 0 amide bonds. The molecule has 4 heteroatoms. The van der Waals surface area contributed by atoms with Crippen molar-refractivity contribution < 1.29 is 14.6 Å². The Morgan fingerprint density at radius 2 is 1.79 bits per heavy atom. The highest BCUT2D eigenvalue weighted by atomic mass is 16.6. The number of benzene rings is 1. The first-order valence-electron chi connectivity index (χ1n) is 6.70. The smallest absolute Gasteiger partial charge is 0.163 e. The summed E-state index contributed by atoms with van der Waals surface area (Å²) in [5.74, 6) is 1.62. The van der Waals surface area contributed by atoms with Crippen molar-refractivity contribution in [2.24, 2.45) is 0 Å². The SMILES string of the molecule is Cc1cc2c(cc1N(C)C(C)(C)CCO)OCCO2. The highest BCUT2D eigenvalue weighted by molar-refractivity contribution is 5.62. The van der Waals surface area contributed by atoms with E-state index in [1.807, 2.05) is 19.2 Å². The Bertz CT molecular complexity index is 457. The third-order valence-electron chi connectivity index (χ3n) is 3.85. The maximum Gasteiger partial charge on any atom is 0.163 e. The van der Waals surface area contributed by atoms with Crippen LogP contribution in [0.5, 0.6) is 11.5 Å². The fourth-order valence-electron chi connectivity index (χ4n) is 2.31. The topological polar surface area (TPSA) is 41.9 Å². The number of aryl methyl sites for hydroxylation is 1. The molecule has 1 aromatic rings. The third-order valence-corrected chi connectivity index (χ3v) is 3.85. The second-order valence-corrected chi connectivity index (χ2v) is 5.63. The summed E-state index contributed by atoms with van der Waals surface area (Å²) in [6, 6.07) is 4.05. The van der Waals surface area contributed by atoms with E-state index in [4.69, 9.17) is 9.47 Å². The Labute approximate surface area is 114 Å². The predicted octanol–water partition coefficient (Wildman–Crippen LogP) is 2.36. The van der Waals surface area contributed by atoms with Crippen molar-refractivity contribution in [3.8, 4) is 11.5 Å². The van der Waals surface area contributed by atoms with Crippen molar-refractivity contribution in [1.82, 2.24) is 0 Å². The van der Waals surface area contributed by atoms with E-state index in [2.05, 4.69) is 25.7 Å². The molecule has 106 valence electrons. The molecule has 1 heterocycles. The van der Waals surface area contributed by atoms with Crippen molar-refractivity contribution in [3.05, 3.63) is 17.7 Å². The molecule has 0 spiro atoms. The van der Waals surface area contributed by atoms with Gasteiger partial charge in [0.25, 0.3) is 0 Å². The van der Waals surface area contributed by atoms with Gasteiger partial charge in [0.15, 0.2) is 11.5 Å².